The van der Waals surface area contributed by atoms with E-state index in [2.05, 4.69) is 0 Å². The summed E-state index contributed by atoms with van der Waals surface area (Å²) in [5, 5.41) is 0. The summed E-state index contributed by atoms with van der Waals surface area (Å²) in [6, 6.07) is 12.2. The molecule has 39 heavy (non-hydrogen) atoms. The third-order valence-corrected chi connectivity index (χ3v) is 10.0. The molecule has 0 aromatic heterocycles. The second-order valence-corrected chi connectivity index (χ2v) is 13.5. The molecule has 2 aromatic rings. The van der Waals surface area contributed by atoms with E-state index in [0.717, 1.165) is 43.2 Å². The van der Waals surface area contributed by atoms with Gasteiger partial charge >= 0.3 is 0 Å². The first kappa shape index (κ1) is 28.6. The first-order valence-corrected chi connectivity index (χ1v) is 15.8. The number of hydrogen-bond donors (Lipinski definition) is 0. The van der Waals surface area contributed by atoms with E-state index in [1.54, 1.807) is 24.3 Å². The Bertz CT molecular complexity index is 1350. The van der Waals surface area contributed by atoms with Crippen LogP contribution in [0.1, 0.15) is 43.2 Å². The minimum Gasteiger partial charge on any atom is -0.376 e. The largest absolute Gasteiger partial charge is 0.376 e. The van der Waals surface area contributed by atoms with Crippen LogP contribution >= 0.6 is 0 Å². The zero-order valence-corrected chi connectivity index (χ0v) is 23.8. The highest BCUT2D eigenvalue weighted by molar-refractivity contribution is 7.87. The molecule has 0 bridgehead atoms. The van der Waals surface area contributed by atoms with E-state index in [0.29, 0.717) is 0 Å². The molecule has 2 aliphatic heterocycles. The molecular weight excluding hydrogens is 548 g/mol. The maximum atomic E-state index is 13.2. The van der Waals surface area contributed by atoms with Crippen LogP contribution in [0, 0.1) is 13.8 Å². The van der Waals surface area contributed by atoms with Crippen LogP contribution in [-0.4, -0.2) is 67.0 Å². The van der Waals surface area contributed by atoms with Gasteiger partial charge in [0.15, 0.2) is 12.1 Å². The predicted octanol–water partition coefficient (Wildman–Crippen LogP) is 3.60. The van der Waals surface area contributed by atoms with Gasteiger partial charge in [0.2, 0.25) is 0 Å². The van der Waals surface area contributed by atoms with Crippen molar-refractivity contribution >= 4 is 20.2 Å². The van der Waals surface area contributed by atoms with Gasteiger partial charge in [-0.05, 0) is 51.0 Å². The topological polar surface area (TPSA) is 124 Å². The quantitative estimate of drug-likeness (QED) is 0.405. The van der Waals surface area contributed by atoms with Gasteiger partial charge in [-0.2, -0.15) is 16.8 Å². The van der Waals surface area contributed by atoms with Crippen molar-refractivity contribution in [3.05, 3.63) is 59.7 Å². The number of methoxy groups -OCH3 is 1. The third kappa shape index (κ3) is 6.08. The number of ether oxygens (including phenoxy) is 4. The smallest absolute Gasteiger partial charge is 0.297 e. The Kier molecular flexibility index (Phi) is 8.20. The Morgan fingerprint density at radius 3 is 1.97 bits per heavy atom. The first-order valence-electron chi connectivity index (χ1n) is 13.0. The molecule has 0 radical (unpaired) electrons. The Labute approximate surface area is 229 Å². The number of benzene rings is 2. The molecule has 2 aromatic carbocycles. The van der Waals surface area contributed by atoms with Crippen LogP contribution in [0.5, 0.6) is 0 Å². The average molecular weight is 583 g/mol. The van der Waals surface area contributed by atoms with E-state index >= 15 is 0 Å². The van der Waals surface area contributed by atoms with Crippen molar-refractivity contribution in [2.24, 2.45) is 0 Å². The minimum atomic E-state index is -4.33. The summed E-state index contributed by atoms with van der Waals surface area (Å²) >= 11 is 0. The van der Waals surface area contributed by atoms with Crippen molar-refractivity contribution in [1.29, 1.82) is 0 Å². The van der Waals surface area contributed by atoms with Crippen LogP contribution in [0.2, 0.25) is 0 Å². The molecule has 1 aliphatic carbocycles. The monoisotopic (exact) mass is 582 g/mol. The molecule has 2 saturated heterocycles. The van der Waals surface area contributed by atoms with E-state index in [4.69, 9.17) is 27.3 Å². The second-order valence-electron chi connectivity index (χ2n) is 10.3. The number of hydrogen-bond acceptors (Lipinski definition) is 10. The average Bonchev–Trinajstić information content (AvgIpc) is 3.41. The summed E-state index contributed by atoms with van der Waals surface area (Å²) in [5.41, 5.74) is 1.75. The van der Waals surface area contributed by atoms with Gasteiger partial charge in [0, 0.05) is 20.0 Å². The summed E-state index contributed by atoms with van der Waals surface area (Å²) in [6.07, 6.45) is -0.215. The molecule has 3 aliphatic rings. The van der Waals surface area contributed by atoms with Crippen molar-refractivity contribution < 1.29 is 44.1 Å². The molecule has 1 spiro atoms. The van der Waals surface area contributed by atoms with Crippen LogP contribution < -0.4 is 0 Å². The second kappa shape index (κ2) is 11.2. The standard InChI is InChI=1S/C27H34O10S2/c1-18-7-11-20(12-8-18)38(28,29)33-17-22(37-39(30,31)21-13-9-19(2)10-14-21)23-24(32-3)25-26(34-23)36-27(35-25)15-5-4-6-16-27/h7-14,22-26H,4-6,15-17H2,1-3H3/t22-,23-,24+,25+,26-/m0/s1. The van der Waals surface area contributed by atoms with Crippen LogP contribution in [0.4, 0.5) is 0 Å². The molecule has 12 heteroatoms. The summed E-state index contributed by atoms with van der Waals surface area (Å²) in [5.74, 6) is -0.759. The third-order valence-electron chi connectivity index (χ3n) is 7.40. The molecule has 2 heterocycles. The Morgan fingerprint density at radius 1 is 0.846 bits per heavy atom. The Morgan fingerprint density at radius 2 is 1.41 bits per heavy atom. The van der Waals surface area contributed by atoms with Crippen molar-refractivity contribution in [2.45, 2.75) is 92.2 Å². The fourth-order valence-electron chi connectivity index (χ4n) is 5.28. The molecule has 0 N–H and O–H groups in total. The fourth-order valence-corrected chi connectivity index (χ4v) is 7.27. The lowest BCUT2D eigenvalue weighted by Crippen LogP contribution is -2.47. The summed E-state index contributed by atoms with van der Waals surface area (Å²) < 4.78 is 87.6. The molecule has 214 valence electrons. The molecule has 0 unspecified atom stereocenters. The first-order chi connectivity index (χ1) is 18.5. The SMILES string of the molecule is CO[C@@H]1[C@H]([C@H](COS(=O)(=O)c2ccc(C)cc2)OS(=O)(=O)c2ccc(C)cc2)O[C@H]2OC3(CCCCC3)O[C@@H]21. The van der Waals surface area contributed by atoms with Gasteiger partial charge < -0.3 is 18.9 Å². The summed E-state index contributed by atoms with van der Waals surface area (Å²) in [6.45, 7) is 3.02. The minimum absolute atomic E-state index is 0.0633. The highest BCUT2D eigenvalue weighted by Gasteiger charge is 2.60. The van der Waals surface area contributed by atoms with Gasteiger partial charge in [0.05, 0.1) is 16.4 Å². The van der Waals surface area contributed by atoms with Gasteiger partial charge in [-0.15, -0.1) is 0 Å². The number of rotatable bonds is 9. The molecule has 5 atom stereocenters. The maximum Gasteiger partial charge on any atom is 0.297 e. The van der Waals surface area contributed by atoms with Crippen molar-refractivity contribution in [3.63, 3.8) is 0 Å². The number of aryl methyl sites for hydroxylation is 2. The Balaban J connectivity index is 1.40. The van der Waals surface area contributed by atoms with E-state index < -0.39 is 63.3 Å². The van der Waals surface area contributed by atoms with Crippen molar-refractivity contribution in [1.82, 2.24) is 0 Å². The van der Waals surface area contributed by atoms with Crippen molar-refractivity contribution in [2.75, 3.05) is 13.7 Å². The van der Waals surface area contributed by atoms with E-state index in [-0.39, 0.29) is 9.79 Å². The van der Waals surface area contributed by atoms with Gasteiger partial charge in [-0.1, -0.05) is 41.8 Å². The molecule has 10 nitrogen and oxygen atoms in total. The van der Waals surface area contributed by atoms with E-state index in [1.165, 1.54) is 31.4 Å². The molecular formula is C27H34O10S2. The molecule has 5 rings (SSSR count). The van der Waals surface area contributed by atoms with Gasteiger partial charge in [0.1, 0.15) is 24.4 Å². The fraction of sp³-hybridized carbons (Fsp3) is 0.556. The van der Waals surface area contributed by atoms with Crippen LogP contribution in [0.15, 0.2) is 58.3 Å². The normalized spacial score (nSPS) is 27.5. The summed E-state index contributed by atoms with van der Waals surface area (Å²) in [4.78, 5) is -0.146. The van der Waals surface area contributed by atoms with Gasteiger partial charge in [0.25, 0.3) is 20.2 Å². The number of fused-ring (bicyclic) bond motifs is 1. The zero-order valence-electron chi connectivity index (χ0n) is 22.1. The molecule has 0 amide bonds. The van der Waals surface area contributed by atoms with E-state index in [9.17, 15) is 16.8 Å². The van der Waals surface area contributed by atoms with Gasteiger partial charge in [-0.25, -0.2) is 0 Å². The van der Waals surface area contributed by atoms with Crippen molar-refractivity contribution in [3.8, 4) is 0 Å². The highest BCUT2D eigenvalue weighted by Crippen LogP contribution is 2.46. The summed E-state index contributed by atoms with van der Waals surface area (Å²) in [7, 11) is -7.10. The lowest BCUT2D eigenvalue weighted by Gasteiger charge is -2.35. The van der Waals surface area contributed by atoms with Gasteiger partial charge in [-0.3, -0.25) is 8.37 Å². The molecule has 1 saturated carbocycles. The Hall–Kier alpha value is -1.90. The lowest BCUT2D eigenvalue weighted by molar-refractivity contribution is -0.254. The lowest BCUT2D eigenvalue weighted by atomic mass is 9.94. The molecule has 3 fully saturated rings. The predicted molar refractivity (Wildman–Crippen MR) is 139 cm³/mol. The maximum absolute atomic E-state index is 13.2. The van der Waals surface area contributed by atoms with Crippen LogP contribution in [0.3, 0.4) is 0 Å². The zero-order chi connectivity index (χ0) is 27.8. The van der Waals surface area contributed by atoms with Crippen LogP contribution in [0.25, 0.3) is 0 Å². The van der Waals surface area contributed by atoms with Crippen LogP contribution in [-0.2, 0) is 47.5 Å². The highest BCUT2D eigenvalue weighted by atomic mass is 32.2. The van der Waals surface area contributed by atoms with E-state index in [1.807, 2.05) is 13.8 Å².